The molecular formula is C16H25N3O3. The van der Waals surface area contributed by atoms with Gasteiger partial charge in [0.2, 0.25) is 17.7 Å². The summed E-state index contributed by atoms with van der Waals surface area (Å²) in [5, 5.41) is 2.98. The molecule has 0 spiro atoms. The molecule has 2 aliphatic heterocycles. The second-order valence-electron chi connectivity index (χ2n) is 6.22. The highest BCUT2D eigenvalue weighted by atomic mass is 16.2. The number of carbonyl (C=O) groups is 3. The molecule has 1 atom stereocenters. The minimum Gasteiger partial charge on any atom is -0.356 e. The van der Waals surface area contributed by atoms with E-state index in [2.05, 4.69) is 11.9 Å². The Morgan fingerprint density at radius 2 is 1.95 bits per heavy atom. The largest absolute Gasteiger partial charge is 0.356 e. The van der Waals surface area contributed by atoms with Gasteiger partial charge in [-0.25, -0.2) is 0 Å². The Labute approximate surface area is 131 Å². The molecule has 1 unspecified atom stereocenters. The van der Waals surface area contributed by atoms with Crippen molar-refractivity contribution in [1.82, 2.24) is 15.1 Å². The number of amides is 3. The van der Waals surface area contributed by atoms with Crippen molar-refractivity contribution in [2.75, 3.05) is 33.2 Å². The minimum absolute atomic E-state index is 0.0316. The SMILES string of the molecule is C=CC(=O)N1CCC(C(=O)NCC2CCN(C)C(=O)C2)CC1. The van der Waals surface area contributed by atoms with Crippen molar-refractivity contribution in [3.05, 3.63) is 12.7 Å². The Bertz CT molecular complexity index is 456. The average molecular weight is 307 g/mol. The maximum absolute atomic E-state index is 12.2. The summed E-state index contributed by atoms with van der Waals surface area (Å²) in [5.41, 5.74) is 0. The van der Waals surface area contributed by atoms with Crippen LogP contribution in [0, 0.1) is 11.8 Å². The third kappa shape index (κ3) is 4.08. The fourth-order valence-electron chi connectivity index (χ4n) is 3.06. The van der Waals surface area contributed by atoms with Gasteiger partial charge < -0.3 is 15.1 Å². The average Bonchev–Trinajstić information content (AvgIpc) is 2.55. The number of likely N-dealkylation sites (tertiary alicyclic amines) is 2. The summed E-state index contributed by atoms with van der Waals surface area (Å²) >= 11 is 0. The van der Waals surface area contributed by atoms with E-state index in [0.717, 1.165) is 13.0 Å². The van der Waals surface area contributed by atoms with Crippen LogP contribution in [0.5, 0.6) is 0 Å². The van der Waals surface area contributed by atoms with Crippen molar-refractivity contribution in [2.24, 2.45) is 11.8 Å². The predicted molar refractivity (Wildman–Crippen MR) is 82.9 cm³/mol. The van der Waals surface area contributed by atoms with E-state index in [1.165, 1.54) is 6.08 Å². The van der Waals surface area contributed by atoms with Crippen molar-refractivity contribution >= 4 is 17.7 Å². The van der Waals surface area contributed by atoms with Gasteiger partial charge in [0, 0.05) is 45.6 Å². The Hall–Kier alpha value is -1.85. The van der Waals surface area contributed by atoms with Gasteiger partial charge in [-0.1, -0.05) is 6.58 Å². The van der Waals surface area contributed by atoms with Crippen LogP contribution in [0.4, 0.5) is 0 Å². The molecule has 6 nitrogen and oxygen atoms in total. The quantitative estimate of drug-likeness (QED) is 0.764. The number of nitrogens with one attached hydrogen (secondary N) is 1. The highest BCUT2D eigenvalue weighted by Crippen LogP contribution is 2.19. The second kappa shape index (κ2) is 7.42. The molecule has 0 aromatic rings. The van der Waals surface area contributed by atoms with Gasteiger partial charge in [-0.2, -0.15) is 0 Å². The normalized spacial score (nSPS) is 23.3. The topological polar surface area (TPSA) is 69.7 Å². The first kappa shape index (κ1) is 16.5. The standard InChI is InChI=1S/C16H25N3O3/c1-3-14(20)19-8-5-13(6-9-19)16(22)17-11-12-4-7-18(2)15(21)10-12/h3,12-13H,1,4-11H2,2H3,(H,17,22). The van der Waals surface area contributed by atoms with Crippen LogP contribution in [0.25, 0.3) is 0 Å². The summed E-state index contributed by atoms with van der Waals surface area (Å²) in [6, 6.07) is 0. The molecule has 2 aliphatic rings. The highest BCUT2D eigenvalue weighted by Gasteiger charge is 2.28. The number of hydrogen-bond donors (Lipinski definition) is 1. The molecule has 0 aliphatic carbocycles. The third-order valence-corrected chi connectivity index (χ3v) is 4.68. The van der Waals surface area contributed by atoms with E-state index < -0.39 is 0 Å². The summed E-state index contributed by atoms with van der Waals surface area (Å²) in [7, 11) is 1.81. The van der Waals surface area contributed by atoms with Gasteiger partial charge in [-0.15, -0.1) is 0 Å². The fourth-order valence-corrected chi connectivity index (χ4v) is 3.06. The maximum atomic E-state index is 12.2. The Morgan fingerprint density at radius 3 is 2.55 bits per heavy atom. The van der Waals surface area contributed by atoms with Gasteiger partial charge in [0.15, 0.2) is 0 Å². The lowest BCUT2D eigenvalue weighted by Crippen LogP contribution is -2.44. The molecule has 1 N–H and O–H groups in total. The monoisotopic (exact) mass is 307 g/mol. The Balaban J connectivity index is 1.71. The fraction of sp³-hybridized carbons (Fsp3) is 0.688. The van der Waals surface area contributed by atoms with Crippen LogP contribution >= 0.6 is 0 Å². The van der Waals surface area contributed by atoms with E-state index >= 15 is 0 Å². The van der Waals surface area contributed by atoms with Crippen LogP contribution in [-0.2, 0) is 14.4 Å². The molecule has 2 heterocycles. The van der Waals surface area contributed by atoms with Crippen LogP contribution in [0.2, 0.25) is 0 Å². The van der Waals surface area contributed by atoms with Crippen molar-refractivity contribution in [2.45, 2.75) is 25.7 Å². The number of hydrogen-bond acceptors (Lipinski definition) is 3. The first-order chi connectivity index (χ1) is 10.5. The van der Waals surface area contributed by atoms with Crippen molar-refractivity contribution in [3.8, 4) is 0 Å². The number of carbonyl (C=O) groups excluding carboxylic acids is 3. The van der Waals surface area contributed by atoms with Gasteiger partial charge in [0.1, 0.15) is 0 Å². The number of nitrogens with zero attached hydrogens (tertiary/aromatic N) is 2. The number of piperidine rings is 2. The van der Waals surface area contributed by atoms with Crippen LogP contribution in [0.3, 0.4) is 0 Å². The highest BCUT2D eigenvalue weighted by molar-refractivity contribution is 5.87. The molecule has 0 saturated carbocycles. The van der Waals surface area contributed by atoms with E-state index in [-0.39, 0.29) is 29.6 Å². The summed E-state index contributed by atoms with van der Waals surface area (Å²) < 4.78 is 0. The van der Waals surface area contributed by atoms with Crippen LogP contribution in [0.15, 0.2) is 12.7 Å². The summed E-state index contributed by atoms with van der Waals surface area (Å²) in [4.78, 5) is 38.8. The molecule has 2 saturated heterocycles. The Morgan fingerprint density at radius 1 is 1.27 bits per heavy atom. The lowest BCUT2D eigenvalue weighted by atomic mass is 9.94. The lowest BCUT2D eigenvalue weighted by Gasteiger charge is -2.32. The maximum Gasteiger partial charge on any atom is 0.245 e. The minimum atomic E-state index is -0.0660. The molecule has 2 rings (SSSR count). The molecule has 3 amide bonds. The zero-order valence-electron chi connectivity index (χ0n) is 13.2. The molecular weight excluding hydrogens is 282 g/mol. The third-order valence-electron chi connectivity index (χ3n) is 4.68. The van der Waals surface area contributed by atoms with Crippen molar-refractivity contribution < 1.29 is 14.4 Å². The van der Waals surface area contributed by atoms with Crippen LogP contribution in [-0.4, -0.2) is 60.7 Å². The van der Waals surface area contributed by atoms with Gasteiger partial charge in [-0.05, 0) is 31.3 Å². The van der Waals surface area contributed by atoms with E-state index in [1.54, 1.807) is 9.80 Å². The molecule has 122 valence electrons. The predicted octanol–water partition coefficient (Wildman–Crippen LogP) is 0.396. The molecule has 0 aromatic heterocycles. The number of rotatable bonds is 4. The lowest BCUT2D eigenvalue weighted by molar-refractivity contribution is -0.134. The first-order valence-electron chi connectivity index (χ1n) is 7.94. The molecule has 22 heavy (non-hydrogen) atoms. The molecule has 6 heteroatoms. The van der Waals surface area contributed by atoms with Crippen LogP contribution < -0.4 is 5.32 Å². The summed E-state index contributed by atoms with van der Waals surface area (Å²) in [6.45, 7) is 6.03. The van der Waals surface area contributed by atoms with E-state index in [4.69, 9.17) is 0 Å². The molecule has 0 bridgehead atoms. The summed E-state index contributed by atoms with van der Waals surface area (Å²) in [5.74, 6) is 0.355. The van der Waals surface area contributed by atoms with Gasteiger partial charge in [0.05, 0.1) is 0 Å². The van der Waals surface area contributed by atoms with Gasteiger partial charge >= 0.3 is 0 Å². The van der Waals surface area contributed by atoms with Crippen LogP contribution in [0.1, 0.15) is 25.7 Å². The zero-order valence-corrected chi connectivity index (χ0v) is 13.2. The molecule has 2 fully saturated rings. The smallest absolute Gasteiger partial charge is 0.245 e. The van der Waals surface area contributed by atoms with Crippen molar-refractivity contribution in [3.63, 3.8) is 0 Å². The van der Waals surface area contributed by atoms with E-state index in [9.17, 15) is 14.4 Å². The first-order valence-corrected chi connectivity index (χ1v) is 7.94. The second-order valence-corrected chi connectivity index (χ2v) is 6.22. The van der Waals surface area contributed by atoms with Gasteiger partial charge in [-0.3, -0.25) is 14.4 Å². The van der Waals surface area contributed by atoms with Crippen molar-refractivity contribution in [1.29, 1.82) is 0 Å². The molecule has 0 aromatic carbocycles. The summed E-state index contributed by atoms with van der Waals surface area (Å²) in [6.07, 6.45) is 4.16. The van der Waals surface area contributed by atoms with E-state index in [1.807, 2.05) is 7.05 Å². The molecule has 0 radical (unpaired) electrons. The van der Waals surface area contributed by atoms with E-state index in [0.29, 0.717) is 38.9 Å². The Kier molecular flexibility index (Phi) is 5.57. The zero-order chi connectivity index (χ0) is 16.1. The van der Waals surface area contributed by atoms with Gasteiger partial charge in [0.25, 0.3) is 0 Å².